The minimum Gasteiger partial charge on any atom is -0.369 e. The van der Waals surface area contributed by atoms with Crippen LogP contribution in [0.3, 0.4) is 0 Å². The Labute approximate surface area is 169 Å². The summed E-state index contributed by atoms with van der Waals surface area (Å²) in [7, 11) is 0. The maximum Gasteiger partial charge on any atom is 0.238 e. The molecule has 7 heteroatoms. The average Bonchev–Trinajstić information content (AvgIpc) is 2.67. The number of nitrogens with one attached hydrogen (secondary N) is 1. The molecule has 0 saturated carbocycles. The van der Waals surface area contributed by atoms with Crippen molar-refractivity contribution in [2.24, 2.45) is 5.73 Å². The molecule has 3 N–H and O–H groups in total. The molecule has 2 aromatic rings. The van der Waals surface area contributed by atoms with Gasteiger partial charge in [-0.15, -0.1) is 0 Å². The molecule has 2 rings (SSSR count). The van der Waals surface area contributed by atoms with Crippen molar-refractivity contribution in [3.8, 4) is 0 Å². The molecular weight excluding hydrogens is 378 g/mol. The molecule has 0 spiro atoms. The summed E-state index contributed by atoms with van der Waals surface area (Å²) in [5, 5.41) is 3.16. The maximum atomic E-state index is 12.8. The van der Waals surface area contributed by atoms with Crippen molar-refractivity contribution < 1.29 is 14.4 Å². The third-order valence-electron chi connectivity index (χ3n) is 4.11. The van der Waals surface area contributed by atoms with Crippen molar-refractivity contribution >= 4 is 34.9 Å². The van der Waals surface area contributed by atoms with Gasteiger partial charge in [0.2, 0.25) is 11.8 Å². The normalized spacial score (nSPS) is 10.7. The lowest BCUT2D eigenvalue weighted by atomic mass is 10.0. The van der Waals surface area contributed by atoms with E-state index in [4.69, 9.17) is 17.3 Å². The molecular formula is C21H24ClN3O3. The zero-order chi connectivity index (χ0) is 20.5. The van der Waals surface area contributed by atoms with E-state index in [1.807, 2.05) is 13.0 Å². The van der Waals surface area contributed by atoms with Gasteiger partial charge in [-0.3, -0.25) is 19.3 Å². The predicted octanol–water partition coefficient (Wildman–Crippen LogP) is 3.10. The van der Waals surface area contributed by atoms with Gasteiger partial charge < -0.3 is 11.1 Å². The molecule has 28 heavy (non-hydrogen) atoms. The molecule has 0 aromatic heterocycles. The summed E-state index contributed by atoms with van der Waals surface area (Å²) in [6.45, 7) is 2.62. The van der Waals surface area contributed by atoms with Crippen LogP contribution in [0.5, 0.6) is 0 Å². The molecule has 0 radical (unpaired) electrons. The van der Waals surface area contributed by atoms with Gasteiger partial charge >= 0.3 is 0 Å². The Morgan fingerprint density at radius 3 is 2.43 bits per heavy atom. The number of hydrogen-bond donors (Lipinski definition) is 2. The van der Waals surface area contributed by atoms with E-state index in [1.54, 1.807) is 41.3 Å². The van der Waals surface area contributed by atoms with E-state index in [9.17, 15) is 14.4 Å². The first-order chi connectivity index (χ1) is 13.4. The van der Waals surface area contributed by atoms with Crippen LogP contribution in [0.4, 0.5) is 5.69 Å². The second-order valence-corrected chi connectivity index (χ2v) is 6.90. The zero-order valence-corrected chi connectivity index (χ0v) is 16.5. The van der Waals surface area contributed by atoms with Crippen LogP contribution in [0.2, 0.25) is 5.02 Å². The average molecular weight is 402 g/mol. The van der Waals surface area contributed by atoms with Gasteiger partial charge in [-0.25, -0.2) is 0 Å². The topological polar surface area (TPSA) is 92.5 Å². The number of carbonyl (C=O) groups is 3. The van der Waals surface area contributed by atoms with Gasteiger partial charge in [-0.1, -0.05) is 55.3 Å². The highest BCUT2D eigenvalue weighted by atomic mass is 35.5. The van der Waals surface area contributed by atoms with Crippen LogP contribution in [0.1, 0.15) is 35.7 Å². The summed E-state index contributed by atoms with van der Waals surface area (Å²) in [5.41, 5.74) is 6.45. The third-order valence-corrected chi connectivity index (χ3v) is 4.35. The Bertz CT molecular complexity index is 840. The molecule has 2 amide bonds. The minimum absolute atomic E-state index is 0.00381. The number of anilines is 1. The van der Waals surface area contributed by atoms with Gasteiger partial charge in [0.05, 0.1) is 18.8 Å². The van der Waals surface area contributed by atoms with Gasteiger partial charge in [0, 0.05) is 16.1 Å². The summed E-state index contributed by atoms with van der Waals surface area (Å²) < 4.78 is 0. The van der Waals surface area contributed by atoms with Crippen LogP contribution >= 0.6 is 11.6 Å². The molecule has 0 fully saturated rings. The van der Waals surface area contributed by atoms with E-state index < -0.39 is 5.91 Å². The van der Waals surface area contributed by atoms with Crippen molar-refractivity contribution in [2.45, 2.75) is 19.8 Å². The Morgan fingerprint density at radius 2 is 1.79 bits per heavy atom. The molecule has 0 aliphatic rings. The Hall–Kier alpha value is -2.70. The predicted molar refractivity (Wildman–Crippen MR) is 110 cm³/mol. The van der Waals surface area contributed by atoms with Crippen LogP contribution in [-0.4, -0.2) is 42.1 Å². The summed E-state index contributed by atoms with van der Waals surface area (Å²) in [5.74, 6) is -1.06. The van der Waals surface area contributed by atoms with Gasteiger partial charge in [-0.05, 0) is 31.2 Å². The summed E-state index contributed by atoms with van der Waals surface area (Å²) >= 11 is 6.06. The second kappa shape index (κ2) is 10.6. The van der Waals surface area contributed by atoms with Crippen molar-refractivity contribution in [2.75, 3.05) is 25.0 Å². The van der Waals surface area contributed by atoms with Crippen LogP contribution < -0.4 is 11.1 Å². The van der Waals surface area contributed by atoms with E-state index in [-0.39, 0.29) is 24.8 Å². The molecule has 148 valence electrons. The fraction of sp³-hybridized carbons (Fsp3) is 0.286. The van der Waals surface area contributed by atoms with E-state index in [2.05, 4.69) is 5.32 Å². The number of primary amides is 1. The number of ketones is 1. The van der Waals surface area contributed by atoms with Crippen molar-refractivity contribution in [1.82, 2.24) is 4.90 Å². The highest BCUT2D eigenvalue weighted by Gasteiger charge is 2.18. The monoisotopic (exact) mass is 401 g/mol. The lowest BCUT2D eigenvalue weighted by Crippen LogP contribution is -2.39. The number of benzene rings is 2. The van der Waals surface area contributed by atoms with Crippen molar-refractivity contribution in [3.63, 3.8) is 0 Å². The quantitative estimate of drug-likeness (QED) is 0.598. The summed E-state index contributed by atoms with van der Waals surface area (Å²) in [6, 6.07) is 13.5. The van der Waals surface area contributed by atoms with Gasteiger partial charge in [0.25, 0.3) is 0 Å². The van der Waals surface area contributed by atoms with E-state index >= 15 is 0 Å². The van der Waals surface area contributed by atoms with E-state index in [0.717, 1.165) is 12.8 Å². The van der Waals surface area contributed by atoms with Crippen LogP contribution in [0.25, 0.3) is 0 Å². The highest BCUT2D eigenvalue weighted by Crippen LogP contribution is 2.23. The SMILES string of the molecule is CCCCN(CC(N)=O)CC(=O)Nc1ccc(Cl)cc1C(=O)c1ccccc1. The molecule has 0 bridgehead atoms. The Morgan fingerprint density at radius 1 is 1.07 bits per heavy atom. The van der Waals surface area contributed by atoms with Crippen LogP contribution in [-0.2, 0) is 9.59 Å². The van der Waals surface area contributed by atoms with Crippen molar-refractivity contribution in [1.29, 1.82) is 0 Å². The van der Waals surface area contributed by atoms with Gasteiger partial charge in [0.1, 0.15) is 0 Å². The van der Waals surface area contributed by atoms with E-state index in [0.29, 0.717) is 28.4 Å². The standard InChI is InChI=1S/C21H24ClN3O3/c1-2-3-11-25(13-19(23)26)14-20(27)24-18-10-9-16(22)12-17(18)21(28)15-7-5-4-6-8-15/h4-10,12H,2-3,11,13-14H2,1H3,(H2,23,26)(H,24,27). The number of nitrogens with zero attached hydrogens (tertiary/aromatic N) is 1. The summed E-state index contributed by atoms with van der Waals surface area (Å²) in [6.07, 6.45) is 1.78. The summed E-state index contributed by atoms with van der Waals surface area (Å²) in [4.78, 5) is 38.3. The smallest absolute Gasteiger partial charge is 0.238 e. The maximum absolute atomic E-state index is 12.8. The molecule has 0 aliphatic heterocycles. The molecule has 0 atom stereocenters. The fourth-order valence-corrected chi connectivity index (χ4v) is 2.94. The largest absolute Gasteiger partial charge is 0.369 e. The molecule has 0 aliphatic carbocycles. The Balaban J connectivity index is 2.17. The number of halogens is 1. The molecule has 0 unspecified atom stereocenters. The second-order valence-electron chi connectivity index (χ2n) is 6.46. The lowest BCUT2D eigenvalue weighted by Gasteiger charge is -2.20. The molecule has 6 nitrogen and oxygen atoms in total. The third kappa shape index (κ3) is 6.48. The van der Waals surface area contributed by atoms with Gasteiger partial charge in [0.15, 0.2) is 5.78 Å². The first kappa shape index (κ1) is 21.6. The highest BCUT2D eigenvalue weighted by molar-refractivity contribution is 6.31. The number of carbonyl (C=O) groups excluding carboxylic acids is 3. The van der Waals surface area contributed by atoms with Crippen LogP contribution in [0.15, 0.2) is 48.5 Å². The zero-order valence-electron chi connectivity index (χ0n) is 15.8. The first-order valence-electron chi connectivity index (χ1n) is 9.10. The minimum atomic E-state index is -0.490. The number of unbranched alkanes of at least 4 members (excludes halogenated alkanes) is 1. The van der Waals surface area contributed by atoms with Crippen LogP contribution in [0, 0.1) is 0 Å². The number of nitrogens with two attached hydrogens (primary N) is 1. The lowest BCUT2D eigenvalue weighted by molar-refractivity contribution is -0.121. The number of rotatable bonds is 10. The molecule has 0 saturated heterocycles. The molecule has 2 aromatic carbocycles. The van der Waals surface area contributed by atoms with Crippen molar-refractivity contribution in [3.05, 3.63) is 64.7 Å². The number of hydrogen-bond acceptors (Lipinski definition) is 4. The first-order valence-corrected chi connectivity index (χ1v) is 9.48. The van der Waals surface area contributed by atoms with E-state index in [1.165, 1.54) is 6.07 Å². The fourth-order valence-electron chi connectivity index (χ4n) is 2.77. The van der Waals surface area contributed by atoms with Gasteiger partial charge in [-0.2, -0.15) is 0 Å². The number of amides is 2. The molecule has 0 heterocycles. The Kier molecular flexibility index (Phi) is 8.17.